The molecule has 0 bridgehead atoms. The maximum absolute atomic E-state index is 10.7. The average Bonchev–Trinajstić information content (AvgIpc) is 2.71. The van der Waals surface area contributed by atoms with Crippen LogP contribution in [-0.2, 0) is 0 Å². The van der Waals surface area contributed by atoms with Gasteiger partial charge in [-0.1, -0.05) is 0 Å². The normalized spacial score (nSPS) is 20.1. The van der Waals surface area contributed by atoms with E-state index in [1.165, 1.54) is 6.20 Å². The zero-order valence-electron chi connectivity index (χ0n) is 8.14. The molecule has 0 aromatic carbocycles. The van der Waals surface area contributed by atoms with Gasteiger partial charge in [-0.15, -0.1) is 0 Å². The predicted molar refractivity (Wildman–Crippen MR) is 55.8 cm³/mol. The smallest absolute Gasteiger partial charge is 0.374 e. The topological polar surface area (TPSA) is 80.1 Å². The van der Waals surface area contributed by atoms with E-state index in [4.69, 9.17) is 0 Å². The van der Waals surface area contributed by atoms with Crippen molar-refractivity contribution >= 4 is 11.5 Å². The lowest BCUT2D eigenvalue weighted by Gasteiger charge is -2.11. The Bertz CT molecular complexity index is 363. The fraction of sp³-hybridized carbons (Fsp3) is 0.444. The monoisotopic (exact) mass is 208 g/mol. The third kappa shape index (κ3) is 2.21. The molecule has 80 valence electrons. The first-order valence-electron chi connectivity index (χ1n) is 4.84. The van der Waals surface area contributed by atoms with Crippen molar-refractivity contribution in [2.24, 2.45) is 0 Å². The molecule has 1 atom stereocenters. The van der Waals surface area contributed by atoms with E-state index >= 15 is 0 Å². The second-order valence-electron chi connectivity index (χ2n) is 3.47. The van der Waals surface area contributed by atoms with Gasteiger partial charge in [0.05, 0.1) is 0 Å². The third-order valence-corrected chi connectivity index (χ3v) is 2.38. The van der Waals surface area contributed by atoms with Crippen molar-refractivity contribution in [2.75, 3.05) is 18.4 Å². The van der Waals surface area contributed by atoms with Crippen molar-refractivity contribution in [3.05, 3.63) is 28.4 Å². The first-order valence-corrected chi connectivity index (χ1v) is 4.84. The minimum atomic E-state index is -0.468. The Morgan fingerprint density at radius 2 is 2.53 bits per heavy atom. The summed E-state index contributed by atoms with van der Waals surface area (Å²) in [5.41, 5.74) is 0.496. The van der Waals surface area contributed by atoms with E-state index in [-0.39, 0.29) is 11.9 Å². The summed E-state index contributed by atoms with van der Waals surface area (Å²) in [5, 5.41) is 17.0. The standard InChI is InChI=1S/C9H12N4O2/c14-13(15)9-8(2-1-4-11-9)12-7-3-5-10-6-7/h1-2,4,7,10,12H,3,5-6H2. The van der Waals surface area contributed by atoms with Crippen LogP contribution in [0.1, 0.15) is 6.42 Å². The maximum Gasteiger partial charge on any atom is 0.386 e. The van der Waals surface area contributed by atoms with Gasteiger partial charge in [0.1, 0.15) is 11.9 Å². The fourth-order valence-electron chi connectivity index (χ4n) is 1.65. The fourth-order valence-corrected chi connectivity index (χ4v) is 1.65. The van der Waals surface area contributed by atoms with E-state index in [2.05, 4.69) is 15.6 Å². The highest BCUT2D eigenvalue weighted by Gasteiger charge is 2.19. The number of nitro groups is 1. The van der Waals surface area contributed by atoms with Gasteiger partial charge in [0.25, 0.3) is 0 Å². The molecule has 1 saturated heterocycles. The van der Waals surface area contributed by atoms with Crippen molar-refractivity contribution in [2.45, 2.75) is 12.5 Å². The number of rotatable bonds is 3. The molecule has 1 fully saturated rings. The Kier molecular flexibility index (Phi) is 2.77. The maximum atomic E-state index is 10.7. The van der Waals surface area contributed by atoms with Gasteiger partial charge in [-0.2, -0.15) is 0 Å². The Morgan fingerprint density at radius 3 is 3.20 bits per heavy atom. The van der Waals surface area contributed by atoms with Gasteiger partial charge in [0, 0.05) is 12.6 Å². The van der Waals surface area contributed by atoms with Crippen LogP contribution in [0.4, 0.5) is 11.5 Å². The van der Waals surface area contributed by atoms with Crippen LogP contribution < -0.4 is 10.6 Å². The Balaban J connectivity index is 2.15. The highest BCUT2D eigenvalue weighted by atomic mass is 16.6. The second-order valence-corrected chi connectivity index (χ2v) is 3.47. The minimum absolute atomic E-state index is 0.107. The van der Waals surface area contributed by atoms with E-state index < -0.39 is 4.92 Å². The van der Waals surface area contributed by atoms with Gasteiger partial charge in [0.2, 0.25) is 0 Å². The molecule has 1 aromatic heterocycles. The van der Waals surface area contributed by atoms with Crippen LogP contribution >= 0.6 is 0 Å². The molecule has 0 saturated carbocycles. The summed E-state index contributed by atoms with van der Waals surface area (Å²) in [6, 6.07) is 3.63. The molecule has 2 N–H and O–H groups in total. The van der Waals surface area contributed by atoms with Crippen LogP contribution in [-0.4, -0.2) is 29.0 Å². The molecule has 1 aliphatic rings. The summed E-state index contributed by atoms with van der Waals surface area (Å²) in [4.78, 5) is 14.0. The van der Waals surface area contributed by atoms with Gasteiger partial charge >= 0.3 is 5.82 Å². The molecule has 6 nitrogen and oxygen atoms in total. The zero-order valence-corrected chi connectivity index (χ0v) is 8.14. The summed E-state index contributed by atoms with van der Waals surface area (Å²) in [7, 11) is 0. The average molecular weight is 208 g/mol. The summed E-state index contributed by atoms with van der Waals surface area (Å²) < 4.78 is 0. The predicted octanol–water partition coefficient (Wildman–Crippen LogP) is 0.764. The van der Waals surface area contributed by atoms with Gasteiger partial charge < -0.3 is 20.7 Å². The first-order chi connectivity index (χ1) is 7.27. The number of nitrogens with zero attached hydrogens (tertiary/aromatic N) is 2. The summed E-state index contributed by atoms with van der Waals surface area (Å²) in [5.74, 6) is -0.107. The molecule has 6 heteroatoms. The van der Waals surface area contributed by atoms with E-state index in [9.17, 15) is 10.1 Å². The molecule has 2 rings (SSSR count). The van der Waals surface area contributed by atoms with E-state index in [0.29, 0.717) is 5.69 Å². The SMILES string of the molecule is O=[N+]([O-])c1ncccc1NC1CCNC1. The van der Waals surface area contributed by atoms with E-state index in [1.807, 2.05) is 0 Å². The van der Waals surface area contributed by atoms with E-state index in [1.54, 1.807) is 12.1 Å². The van der Waals surface area contributed by atoms with Gasteiger partial charge in [0.15, 0.2) is 0 Å². The molecular weight excluding hydrogens is 196 g/mol. The first kappa shape index (κ1) is 9.85. The molecule has 0 aliphatic carbocycles. The zero-order chi connectivity index (χ0) is 10.7. The van der Waals surface area contributed by atoms with Gasteiger partial charge in [-0.05, 0) is 35.0 Å². The van der Waals surface area contributed by atoms with E-state index in [0.717, 1.165) is 19.5 Å². The van der Waals surface area contributed by atoms with Crippen molar-refractivity contribution in [3.63, 3.8) is 0 Å². The van der Waals surface area contributed by atoms with Crippen molar-refractivity contribution in [3.8, 4) is 0 Å². The van der Waals surface area contributed by atoms with Crippen LogP contribution in [0.5, 0.6) is 0 Å². The number of pyridine rings is 1. The van der Waals surface area contributed by atoms with Crippen LogP contribution in [0.25, 0.3) is 0 Å². The number of hydrogen-bond acceptors (Lipinski definition) is 5. The Morgan fingerprint density at radius 1 is 1.67 bits per heavy atom. The number of anilines is 1. The highest BCUT2D eigenvalue weighted by Crippen LogP contribution is 2.21. The molecule has 1 aromatic rings. The largest absolute Gasteiger partial charge is 0.386 e. The van der Waals surface area contributed by atoms with Crippen molar-refractivity contribution in [1.82, 2.24) is 10.3 Å². The quantitative estimate of drug-likeness (QED) is 0.566. The second kappa shape index (κ2) is 4.22. The lowest BCUT2D eigenvalue weighted by molar-refractivity contribution is -0.388. The molecule has 15 heavy (non-hydrogen) atoms. The van der Waals surface area contributed by atoms with Crippen molar-refractivity contribution in [1.29, 1.82) is 0 Å². The number of nitrogens with one attached hydrogen (secondary N) is 2. The molecule has 2 heterocycles. The molecule has 1 aliphatic heterocycles. The Labute approximate surface area is 86.9 Å². The van der Waals surface area contributed by atoms with Gasteiger partial charge in [-0.3, -0.25) is 0 Å². The molecule has 0 amide bonds. The summed E-state index contributed by atoms with van der Waals surface area (Å²) >= 11 is 0. The minimum Gasteiger partial charge on any atom is -0.374 e. The Hall–Kier alpha value is -1.69. The molecule has 0 spiro atoms. The summed E-state index contributed by atoms with van der Waals surface area (Å²) in [6.45, 7) is 1.79. The lowest BCUT2D eigenvalue weighted by Crippen LogP contribution is -2.22. The number of aromatic nitrogens is 1. The number of hydrogen-bond donors (Lipinski definition) is 2. The molecule has 1 unspecified atom stereocenters. The lowest BCUT2D eigenvalue weighted by atomic mass is 10.2. The van der Waals surface area contributed by atoms with Gasteiger partial charge in [-0.25, -0.2) is 0 Å². The van der Waals surface area contributed by atoms with Crippen LogP contribution in [0.2, 0.25) is 0 Å². The third-order valence-electron chi connectivity index (χ3n) is 2.38. The van der Waals surface area contributed by atoms with Crippen LogP contribution in [0.15, 0.2) is 18.3 Å². The highest BCUT2D eigenvalue weighted by molar-refractivity contribution is 5.57. The summed E-state index contributed by atoms with van der Waals surface area (Å²) in [6.07, 6.45) is 2.41. The molecule has 0 radical (unpaired) electrons. The van der Waals surface area contributed by atoms with Crippen molar-refractivity contribution < 1.29 is 4.92 Å². The molecular formula is C9H12N4O2. The van der Waals surface area contributed by atoms with Crippen LogP contribution in [0.3, 0.4) is 0 Å². The van der Waals surface area contributed by atoms with Crippen LogP contribution in [0, 0.1) is 10.1 Å².